The number of carbonyl (C=O) groups excluding carboxylic acids is 1. The van der Waals surface area contributed by atoms with Crippen LogP contribution in [0.3, 0.4) is 0 Å². The smallest absolute Gasteiger partial charge is 0.227 e. The second-order valence-electron chi connectivity index (χ2n) is 5.33. The number of hydrogen-bond acceptors (Lipinski definition) is 3. The summed E-state index contributed by atoms with van der Waals surface area (Å²) >= 11 is 0. The Hall–Kier alpha value is -0.610. The molecule has 0 bridgehead atoms. The maximum atomic E-state index is 12.2. The van der Waals surface area contributed by atoms with E-state index in [4.69, 9.17) is 5.11 Å². The van der Waals surface area contributed by atoms with Gasteiger partial charge in [0.1, 0.15) is 0 Å². The van der Waals surface area contributed by atoms with E-state index in [0.717, 1.165) is 25.9 Å². The Morgan fingerprint density at radius 3 is 2.75 bits per heavy atom. The van der Waals surface area contributed by atoms with Crippen molar-refractivity contribution in [3.63, 3.8) is 0 Å². The first-order valence-corrected chi connectivity index (χ1v) is 6.10. The summed E-state index contributed by atoms with van der Waals surface area (Å²) in [5, 5.41) is 15.3. The zero-order valence-electron chi connectivity index (χ0n) is 10.6. The Balaban J connectivity index is 2.61. The molecule has 4 heteroatoms. The summed E-state index contributed by atoms with van der Waals surface area (Å²) in [7, 11) is 0. The fraction of sp³-hybridized carbons (Fsp3) is 0.917. The quantitative estimate of drug-likeness (QED) is 0.647. The van der Waals surface area contributed by atoms with Crippen LogP contribution in [0.4, 0.5) is 0 Å². The summed E-state index contributed by atoms with van der Waals surface area (Å²) in [6.07, 6.45) is 2.33. The molecule has 2 unspecified atom stereocenters. The van der Waals surface area contributed by atoms with Gasteiger partial charge in [0.2, 0.25) is 5.91 Å². The summed E-state index contributed by atoms with van der Waals surface area (Å²) in [4.78, 5) is 12.2. The number of nitrogens with one attached hydrogen (secondary N) is 2. The largest absolute Gasteiger partial charge is 0.396 e. The van der Waals surface area contributed by atoms with E-state index in [-0.39, 0.29) is 23.5 Å². The molecule has 0 saturated carbocycles. The van der Waals surface area contributed by atoms with Crippen LogP contribution >= 0.6 is 0 Å². The SMILES string of the molecule is CCC(C)(CCO)NC(=O)C1(C)CCNC1. The predicted molar refractivity (Wildman–Crippen MR) is 64.1 cm³/mol. The van der Waals surface area contributed by atoms with Gasteiger partial charge in [-0.05, 0) is 39.7 Å². The molecule has 1 saturated heterocycles. The van der Waals surface area contributed by atoms with Crippen LogP contribution in [-0.2, 0) is 4.79 Å². The number of aliphatic hydroxyl groups excluding tert-OH is 1. The van der Waals surface area contributed by atoms with Gasteiger partial charge in [-0.25, -0.2) is 0 Å². The van der Waals surface area contributed by atoms with Gasteiger partial charge in [-0.3, -0.25) is 4.79 Å². The normalized spacial score (nSPS) is 28.8. The Labute approximate surface area is 97.8 Å². The lowest BCUT2D eigenvalue weighted by Gasteiger charge is -2.33. The molecule has 0 spiro atoms. The van der Waals surface area contributed by atoms with Crippen LogP contribution in [0.1, 0.15) is 40.0 Å². The van der Waals surface area contributed by atoms with E-state index in [9.17, 15) is 4.79 Å². The van der Waals surface area contributed by atoms with Gasteiger partial charge in [-0.15, -0.1) is 0 Å². The zero-order chi connectivity index (χ0) is 12.2. The van der Waals surface area contributed by atoms with Crippen molar-refractivity contribution < 1.29 is 9.90 Å². The minimum absolute atomic E-state index is 0.107. The van der Waals surface area contributed by atoms with Gasteiger partial charge >= 0.3 is 0 Å². The van der Waals surface area contributed by atoms with Crippen molar-refractivity contribution in [2.75, 3.05) is 19.7 Å². The molecule has 0 aromatic carbocycles. The summed E-state index contributed by atoms with van der Waals surface area (Å²) in [6, 6.07) is 0. The van der Waals surface area contributed by atoms with E-state index in [0.29, 0.717) is 6.42 Å². The van der Waals surface area contributed by atoms with E-state index < -0.39 is 0 Å². The van der Waals surface area contributed by atoms with Crippen molar-refractivity contribution in [1.29, 1.82) is 0 Å². The van der Waals surface area contributed by atoms with Crippen LogP contribution < -0.4 is 10.6 Å². The highest BCUT2D eigenvalue weighted by Crippen LogP contribution is 2.26. The first kappa shape index (κ1) is 13.5. The number of aliphatic hydroxyl groups is 1. The Morgan fingerprint density at radius 1 is 1.62 bits per heavy atom. The number of carbonyl (C=O) groups is 1. The van der Waals surface area contributed by atoms with E-state index in [1.807, 2.05) is 20.8 Å². The van der Waals surface area contributed by atoms with Crippen LogP contribution in [0.2, 0.25) is 0 Å². The fourth-order valence-corrected chi connectivity index (χ4v) is 2.01. The van der Waals surface area contributed by atoms with Crippen molar-refractivity contribution in [2.24, 2.45) is 5.41 Å². The molecule has 1 rings (SSSR count). The highest BCUT2D eigenvalue weighted by molar-refractivity contribution is 5.83. The molecule has 1 fully saturated rings. The van der Waals surface area contributed by atoms with Crippen molar-refractivity contribution >= 4 is 5.91 Å². The third-order valence-corrected chi connectivity index (χ3v) is 3.78. The molecular formula is C12H24N2O2. The second-order valence-corrected chi connectivity index (χ2v) is 5.33. The predicted octanol–water partition coefficient (Wildman–Crippen LogP) is 0.653. The zero-order valence-corrected chi connectivity index (χ0v) is 10.6. The van der Waals surface area contributed by atoms with Gasteiger partial charge in [-0.1, -0.05) is 6.92 Å². The first-order valence-electron chi connectivity index (χ1n) is 6.10. The Kier molecular flexibility index (Phi) is 4.33. The second kappa shape index (κ2) is 5.15. The molecule has 1 amide bonds. The van der Waals surface area contributed by atoms with E-state index in [2.05, 4.69) is 10.6 Å². The maximum absolute atomic E-state index is 12.2. The Morgan fingerprint density at radius 2 is 2.31 bits per heavy atom. The van der Waals surface area contributed by atoms with Crippen molar-refractivity contribution in [2.45, 2.75) is 45.6 Å². The first-order chi connectivity index (χ1) is 7.46. The lowest BCUT2D eigenvalue weighted by molar-refractivity contribution is -0.131. The molecule has 94 valence electrons. The summed E-state index contributed by atoms with van der Waals surface area (Å²) in [5.74, 6) is 0.107. The number of rotatable bonds is 5. The molecule has 16 heavy (non-hydrogen) atoms. The molecule has 1 heterocycles. The molecular weight excluding hydrogens is 204 g/mol. The van der Waals surface area contributed by atoms with Crippen LogP contribution in [0.5, 0.6) is 0 Å². The topological polar surface area (TPSA) is 61.4 Å². The minimum atomic E-state index is -0.286. The van der Waals surface area contributed by atoms with E-state index in [1.165, 1.54) is 0 Å². The Bertz CT molecular complexity index is 249. The highest BCUT2D eigenvalue weighted by atomic mass is 16.3. The highest BCUT2D eigenvalue weighted by Gasteiger charge is 2.38. The van der Waals surface area contributed by atoms with Crippen molar-refractivity contribution in [1.82, 2.24) is 10.6 Å². The third-order valence-electron chi connectivity index (χ3n) is 3.78. The lowest BCUT2D eigenvalue weighted by Crippen LogP contribution is -2.52. The van der Waals surface area contributed by atoms with Gasteiger partial charge < -0.3 is 15.7 Å². The summed E-state index contributed by atoms with van der Waals surface area (Å²) in [6.45, 7) is 7.79. The van der Waals surface area contributed by atoms with Crippen LogP contribution in [0.25, 0.3) is 0 Å². The standard InChI is InChI=1S/C12H24N2O2/c1-4-12(3,6-8-15)14-10(16)11(2)5-7-13-9-11/h13,15H,4-9H2,1-3H3,(H,14,16). The van der Waals surface area contributed by atoms with Gasteiger partial charge in [0, 0.05) is 18.7 Å². The molecule has 2 atom stereocenters. The van der Waals surface area contributed by atoms with E-state index >= 15 is 0 Å². The average Bonchev–Trinajstić information content (AvgIpc) is 2.67. The molecule has 4 nitrogen and oxygen atoms in total. The van der Waals surface area contributed by atoms with Gasteiger partial charge in [0.15, 0.2) is 0 Å². The number of amides is 1. The summed E-state index contributed by atoms with van der Waals surface area (Å²) < 4.78 is 0. The molecule has 1 aliphatic heterocycles. The molecule has 1 aliphatic rings. The average molecular weight is 228 g/mol. The molecule has 0 aromatic rings. The summed E-state index contributed by atoms with van der Waals surface area (Å²) in [5.41, 5.74) is -0.566. The number of hydrogen-bond donors (Lipinski definition) is 3. The van der Waals surface area contributed by atoms with E-state index in [1.54, 1.807) is 0 Å². The van der Waals surface area contributed by atoms with Crippen molar-refractivity contribution in [3.05, 3.63) is 0 Å². The van der Waals surface area contributed by atoms with Gasteiger partial charge in [0.05, 0.1) is 5.41 Å². The molecule has 0 radical (unpaired) electrons. The van der Waals surface area contributed by atoms with Crippen LogP contribution in [0, 0.1) is 5.41 Å². The molecule has 0 aromatic heterocycles. The van der Waals surface area contributed by atoms with Gasteiger partial charge in [0.25, 0.3) is 0 Å². The fourth-order valence-electron chi connectivity index (χ4n) is 2.01. The minimum Gasteiger partial charge on any atom is -0.396 e. The van der Waals surface area contributed by atoms with Crippen LogP contribution in [-0.4, -0.2) is 36.2 Å². The molecule has 0 aliphatic carbocycles. The lowest BCUT2D eigenvalue weighted by atomic mass is 9.86. The third kappa shape index (κ3) is 2.95. The van der Waals surface area contributed by atoms with Gasteiger partial charge in [-0.2, -0.15) is 0 Å². The molecule has 3 N–H and O–H groups in total. The van der Waals surface area contributed by atoms with Crippen molar-refractivity contribution in [3.8, 4) is 0 Å². The maximum Gasteiger partial charge on any atom is 0.227 e. The monoisotopic (exact) mass is 228 g/mol. The van der Waals surface area contributed by atoms with Crippen LogP contribution in [0.15, 0.2) is 0 Å².